The summed E-state index contributed by atoms with van der Waals surface area (Å²) in [5, 5.41) is 0. The number of carbonyl (C=O) groups excluding carboxylic acids is 1. The topological polar surface area (TPSA) is 26.3 Å². The number of alkyl halides is 1. The minimum Gasteiger partial charge on any atom is -0.456 e. The van der Waals surface area contributed by atoms with E-state index in [1.807, 2.05) is 0 Å². The van der Waals surface area contributed by atoms with Crippen LogP contribution in [0.5, 0.6) is 0 Å². The van der Waals surface area contributed by atoms with Crippen LogP contribution in [0.15, 0.2) is 12.2 Å². The molecule has 1 radical (unpaired) electrons. The number of esters is 1. The monoisotopic (exact) mass is 145 g/mol. The van der Waals surface area contributed by atoms with E-state index in [2.05, 4.69) is 18.2 Å². The minimum atomic E-state index is -0.913. The molecule has 1 unspecified atom stereocenters. The van der Waals surface area contributed by atoms with E-state index >= 15 is 0 Å². The van der Waals surface area contributed by atoms with Gasteiger partial charge in [0.05, 0.1) is 0 Å². The first-order chi connectivity index (χ1) is 4.57. The van der Waals surface area contributed by atoms with E-state index in [1.165, 1.54) is 6.92 Å². The molecule has 3 heteroatoms. The lowest BCUT2D eigenvalue weighted by molar-refractivity contribution is -0.142. The Balaban J connectivity index is 3.68. The molecule has 0 saturated heterocycles. The zero-order valence-corrected chi connectivity index (χ0v) is 5.89. The summed E-state index contributed by atoms with van der Waals surface area (Å²) in [6.07, 6.45) is -0.913. The summed E-state index contributed by atoms with van der Waals surface area (Å²) in [5.41, 5.74) is 0.252. The molecule has 0 spiro atoms. The number of hydrogen-bond donors (Lipinski definition) is 0. The SMILES string of the molecule is [CH2]C(CF)OC(=O)C(=C)C. The van der Waals surface area contributed by atoms with Gasteiger partial charge in [-0.1, -0.05) is 6.58 Å². The molecular formula is C7H10FO2. The van der Waals surface area contributed by atoms with Crippen molar-refractivity contribution < 1.29 is 13.9 Å². The van der Waals surface area contributed by atoms with Crippen LogP contribution in [0, 0.1) is 6.92 Å². The summed E-state index contributed by atoms with van der Waals surface area (Å²) >= 11 is 0. The number of carbonyl (C=O) groups is 1. The molecule has 0 aliphatic rings. The van der Waals surface area contributed by atoms with Crippen LogP contribution in [0.25, 0.3) is 0 Å². The molecule has 0 aromatic heterocycles. The van der Waals surface area contributed by atoms with E-state index in [4.69, 9.17) is 0 Å². The molecule has 57 valence electrons. The van der Waals surface area contributed by atoms with Crippen LogP contribution in [0.3, 0.4) is 0 Å². The minimum absolute atomic E-state index is 0.252. The second-order valence-corrected chi connectivity index (χ2v) is 1.96. The predicted octanol–water partition coefficient (Wildman–Crippen LogP) is 1.28. The van der Waals surface area contributed by atoms with Crippen molar-refractivity contribution in [3.8, 4) is 0 Å². The molecule has 2 nitrogen and oxygen atoms in total. The van der Waals surface area contributed by atoms with Crippen molar-refractivity contribution in [2.24, 2.45) is 0 Å². The average molecular weight is 145 g/mol. The Morgan fingerprint density at radius 1 is 1.80 bits per heavy atom. The summed E-state index contributed by atoms with van der Waals surface area (Å²) in [6.45, 7) is 7.27. The average Bonchev–Trinajstić information content (AvgIpc) is 1.87. The molecule has 0 amide bonds. The Labute approximate surface area is 59.7 Å². The van der Waals surface area contributed by atoms with Gasteiger partial charge in [0, 0.05) is 5.57 Å². The molecule has 0 rings (SSSR count). The zero-order chi connectivity index (χ0) is 8.15. The van der Waals surface area contributed by atoms with Crippen LogP contribution in [0.1, 0.15) is 6.92 Å². The van der Waals surface area contributed by atoms with Crippen molar-refractivity contribution in [1.82, 2.24) is 0 Å². The first kappa shape index (κ1) is 9.14. The lowest BCUT2D eigenvalue weighted by Crippen LogP contribution is -2.16. The largest absolute Gasteiger partial charge is 0.456 e. The van der Waals surface area contributed by atoms with Crippen LogP contribution < -0.4 is 0 Å². The van der Waals surface area contributed by atoms with Gasteiger partial charge >= 0.3 is 5.97 Å². The third kappa shape index (κ3) is 3.22. The first-order valence-electron chi connectivity index (χ1n) is 2.83. The molecule has 0 aliphatic carbocycles. The summed E-state index contributed by atoms with van der Waals surface area (Å²) in [7, 11) is 0. The van der Waals surface area contributed by atoms with Gasteiger partial charge in [0.15, 0.2) is 0 Å². The van der Waals surface area contributed by atoms with Gasteiger partial charge in [-0.25, -0.2) is 9.18 Å². The maximum atomic E-state index is 11.6. The molecule has 0 saturated carbocycles. The fourth-order valence-corrected chi connectivity index (χ4v) is 0.283. The highest BCUT2D eigenvalue weighted by molar-refractivity contribution is 5.87. The van der Waals surface area contributed by atoms with Crippen LogP contribution in [-0.2, 0) is 9.53 Å². The van der Waals surface area contributed by atoms with Gasteiger partial charge in [-0.05, 0) is 13.8 Å². The molecule has 0 bridgehead atoms. The normalized spacial score (nSPS) is 12.3. The standard InChI is InChI=1S/C7H10FO2/c1-5(2)7(9)10-6(3)4-8/h6H,1,3-4H2,2H3. The lowest BCUT2D eigenvalue weighted by Gasteiger charge is -2.07. The van der Waals surface area contributed by atoms with Crippen LogP contribution in [0.4, 0.5) is 4.39 Å². The molecular weight excluding hydrogens is 135 g/mol. The maximum Gasteiger partial charge on any atom is 0.333 e. The Bertz CT molecular complexity index is 143. The zero-order valence-electron chi connectivity index (χ0n) is 5.89. The van der Waals surface area contributed by atoms with Gasteiger partial charge in [0.1, 0.15) is 12.8 Å². The first-order valence-corrected chi connectivity index (χ1v) is 2.83. The molecule has 0 heterocycles. The Morgan fingerprint density at radius 3 is 2.60 bits per heavy atom. The van der Waals surface area contributed by atoms with Crippen molar-refractivity contribution >= 4 is 5.97 Å². The van der Waals surface area contributed by atoms with Crippen molar-refractivity contribution in [3.05, 3.63) is 19.1 Å². The third-order valence-corrected chi connectivity index (χ3v) is 0.794. The number of hydrogen-bond acceptors (Lipinski definition) is 2. The van der Waals surface area contributed by atoms with Crippen LogP contribution in [0.2, 0.25) is 0 Å². The predicted molar refractivity (Wildman–Crippen MR) is 36.0 cm³/mol. The third-order valence-electron chi connectivity index (χ3n) is 0.794. The van der Waals surface area contributed by atoms with Crippen molar-refractivity contribution in [2.75, 3.05) is 6.67 Å². The van der Waals surface area contributed by atoms with E-state index < -0.39 is 18.7 Å². The second-order valence-electron chi connectivity index (χ2n) is 1.96. The van der Waals surface area contributed by atoms with E-state index in [-0.39, 0.29) is 5.57 Å². The number of rotatable bonds is 3. The molecule has 0 aromatic rings. The van der Waals surface area contributed by atoms with Gasteiger partial charge in [-0.2, -0.15) is 0 Å². The summed E-state index contributed by atoms with van der Waals surface area (Å²) in [5.74, 6) is -0.599. The van der Waals surface area contributed by atoms with Gasteiger partial charge in [-0.3, -0.25) is 0 Å². The lowest BCUT2D eigenvalue weighted by atomic mass is 10.3. The van der Waals surface area contributed by atoms with Crippen LogP contribution >= 0.6 is 0 Å². The highest BCUT2D eigenvalue weighted by Crippen LogP contribution is 1.97. The van der Waals surface area contributed by atoms with E-state index in [0.717, 1.165) is 0 Å². The van der Waals surface area contributed by atoms with Crippen molar-refractivity contribution in [2.45, 2.75) is 13.0 Å². The molecule has 0 N–H and O–H groups in total. The molecule has 10 heavy (non-hydrogen) atoms. The van der Waals surface area contributed by atoms with Gasteiger partial charge < -0.3 is 4.74 Å². The molecule has 0 fully saturated rings. The molecule has 0 aromatic carbocycles. The van der Waals surface area contributed by atoms with E-state index in [0.29, 0.717) is 0 Å². The Morgan fingerprint density at radius 2 is 2.30 bits per heavy atom. The van der Waals surface area contributed by atoms with Gasteiger partial charge in [0.2, 0.25) is 0 Å². The second kappa shape index (κ2) is 4.04. The van der Waals surface area contributed by atoms with E-state index in [1.54, 1.807) is 0 Å². The summed E-state index contributed by atoms with van der Waals surface area (Å²) in [4.78, 5) is 10.6. The highest BCUT2D eigenvalue weighted by atomic mass is 19.1. The number of halogens is 1. The van der Waals surface area contributed by atoms with Crippen molar-refractivity contribution in [1.29, 1.82) is 0 Å². The van der Waals surface area contributed by atoms with Gasteiger partial charge in [0.25, 0.3) is 0 Å². The molecule has 1 atom stereocenters. The fraction of sp³-hybridized carbons (Fsp3) is 0.429. The van der Waals surface area contributed by atoms with Crippen LogP contribution in [-0.4, -0.2) is 18.7 Å². The quantitative estimate of drug-likeness (QED) is 0.441. The molecule has 0 aliphatic heterocycles. The highest BCUT2D eigenvalue weighted by Gasteiger charge is 2.08. The Hall–Kier alpha value is -0.860. The smallest absolute Gasteiger partial charge is 0.333 e. The Kier molecular flexibility index (Phi) is 3.69. The fourth-order valence-electron chi connectivity index (χ4n) is 0.283. The van der Waals surface area contributed by atoms with Gasteiger partial charge in [-0.15, -0.1) is 0 Å². The van der Waals surface area contributed by atoms with E-state index in [9.17, 15) is 9.18 Å². The number of ether oxygens (including phenoxy) is 1. The maximum absolute atomic E-state index is 11.6. The van der Waals surface area contributed by atoms with Crippen molar-refractivity contribution in [3.63, 3.8) is 0 Å². The summed E-state index contributed by atoms with van der Waals surface area (Å²) in [6, 6.07) is 0. The summed E-state index contributed by atoms with van der Waals surface area (Å²) < 4.78 is 16.1.